The molecule has 0 amide bonds. The zero-order chi connectivity index (χ0) is 12.2. The van der Waals surface area contributed by atoms with Gasteiger partial charge < -0.3 is 5.32 Å². The first-order valence-electron chi connectivity index (χ1n) is 5.24. The summed E-state index contributed by atoms with van der Waals surface area (Å²) in [6.07, 6.45) is 0.786. The number of hydrogen-bond acceptors (Lipinski definition) is 4. The first-order valence-corrected chi connectivity index (χ1v) is 7.60. The third kappa shape index (κ3) is 3.55. The van der Waals surface area contributed by atoms with Crippen LogP contribution in [0.15, 0.2) is 15.7 Å². The van der Waals surface area contributed by atoms with Crippen LogP contribution in [0.2, 0.25) is 0 Å². The Morgan fingerprint density at radius 1 is 1.50 bits per heavy atom. The molecular formula is C10H18N2O2S2. The number of hydrogen-bond donors (Lipinski definition) is 2. The van der Waals surface area contributed by atoms with Crippen LogP contribution in [-0.4, -0.2) is 21.5 Å². The fourth-order valence-electron chi connectivity index (χ4n) is 1.20. The molecule has 2 N–H and O–H groups in total. The van der Waals surface area contributed by atoms with Crippen LogP contribution in [0.3, 0.4) is 0 Å². The molecule has 0 aliphatic carbocycles. The van der Waals surface area contributed by atoms with E-state index in [1.54, 1.807) is 6.07 Å². The maximum absolute atomic E-state index is 11.9. The van der Waals surface area contributed by atoms with E-state index >= 15 is 0 Å². The van der Waals surface area contributed by atoms with Gasteiger partial charge in [0, 0.05) is 12.6 Å². The molecule has 4 nitrogen and oxygen atoms in total. The van der Waals surface area contributed by atoms with Crippen molar-refractivity contribution in [1.29, 1.82) is 0 Å². The van der Waals surface area contributed by atoms with Gasteiger partial charge in [-0.3, -0.25) is 0 Å². The second-order valence-electron chi connectivity index (χ2n) is 3.73. The Hall–Kier alpha value is -0.430. The van der Waals surface area contributed by atoms with Gasteiger partial charge in [0.15, 0.2) is 0 Å². The average Bonchev–Trinajstić information content (AvgIpc) is 2.67. The van der Waals surface area contributed by atoms with Crippen molar-refractivity contribution in [2.45, 2.75) is 37.1 Å². The molecule has 0 aromatic carbocycles. The molecule has 6 heteroatoms. The normalized spacial score (nSPS) is 13.9. The highest BCUT2D eigenvalue weighted by Crippen LogP contribution is 2.20. The molecule has 1 aromatic heterocycles. The fraction of sp³-hybridized carbons (Fsp3) is 0.600. The molecule has 92 valence electrons. The molecule has 0 aliphatic rings. The Bertz CT molecular complexity index is 426. The van der Waals surface area contributed by atoms with Crippen molar-refractivity contribution in [1.82, 2.24) is 10.0 Å². The van der Waals surface area contributed by atoms with Gasteiger partial charge in [0.2, 0.25) is 10.0 Å². The lowest BCUT2D eigenvalue weighted by atomic mass is 10.3. The first kappa shape index (κ1) is 13.6. The van der Waals surface area contributed by atoms with Gasteiger partial charge in [0.1, 0.15) is 4.21 Å². The highest BCUT2D eigenvalue weighted by molar-refractivity contribution is 7.91. The maximum atomic E-state index is 11.9. The van der Waals surface area contributed by atoms with E-state index in [-0.39, 0.29) is 6.04 Å². The van der Waals surface area contributed by atoms with E-state index in [0.717, 1.165) is 12.0 Å². The quantitative estimate of drug-likeness (QED) is 0.817. The lowest BCUT2D eigenvalue weighted by molar-refractivity contribution is 0.557. The van der Waals surface area contributed by atoms with Gasteiger partial charge in [-0.15, -0.1) is 11.3 Å². The van der Waals surface area contributed by atoms with Crippen molar-refractivity contribution in [2.24, 2.45) is 0 Å². The molecule has 0 spiro atoms. The lowest BCUT2D eigenvalue weighted by Crippen LogP contribution is -2.31. The molecule has 1 heterocycles. The smallest absolute Gasteiger partial charge is 0.250 e. The Labute approximate surface area is 101 Å². The molecule has 1 aromatic rings. The lowest BCUT2D eigenvalue weighted by Gasteiger charge is -2.10. The highest BCUT2D eigenvalue weighted by atomic mass is 32.2. The first-order chi connectivity index (χ1) is 7.49. The standard InChI is InChI=1S/C10H18N2O2S2/c1-4-8(2)12-16(13,14)10-5-9(6-11-3)7-15-10/h5,7-8,11-12H,4,6H2,1-3H3. The summed E-state index contributed by atoms with van der Waals surface area (Å²) in [4.78, 5) is 0. The van der Waals surface area contributed by atoms with E-state index in [4.69, 9.17) is 0 Å². The summed E-state index contributed by atoms with van der Waals surface area (Å²) in [6.45, 7) is 4.50. The summed E-state index contributed by atoms with van der Waals surface area (Å²) in [5, 5.41) is 4.85. The molecule has 0 bridgehead atoms. The van der Waals surface area contributed by atoms with Gasteiger partial charge in [-0.25, -0.2) is 13.1 Å². The summed E-state index contributed by atoms with van der Waals surface area (Å²) in [7, 11) is -1.49. The third-order valence-corrected chi connectivity index (χ3v) is 5.32. The average molecular weight is 262 g/mol. The van der Waals surface area contributed by atoms with Crippen LogP contribution in [0, 0.1) is 0 Å². The van der Waals surface area contributed by atoms with E-state index in [0.29, 0.717) is 10.8 Å². The van der Waals surface area contributed by atoms with Crippen LogP contribution in [0.4, 0.5) is 0 Å². The predicted octanol–water partition coefficient (Wildman–Crippen LogP) is 1.54. The highest BCUT2D eigenvalue weighted by Gasteiger charge is 2.18. The largest absolute Gasteiger partial charge is 0.316 e. The van der Waals surface area contributed by atoms with Gasteiger partial charge in [-0.05, 0) is 37.4 Å². The Kier molecular flexibility index (Phi) is 4.91. The van der Waals surface area contributed by atoms with E-state index in [1.807, 2.05) is 26.3 Å². The second-order valence-corrected chi connectivity index (χ2v) is 6.59. The van der Waals surface area contributed by atoms with E-state index < -0.39 is 10.0 Å². The molecule has 1 rings (SSSR count). The second kappa shape index (κ2) is 5.77. The SMILES string of the molecule is CCC(C)NS(=O)(=O)c1cc(CNC)cs1. The molecule has 0 saturated heterocycles. The number of thiophene rings is 1. The molecule has 1 unspecified atom stereocenters. The summed E-state index contributed by atoms with van der Waals surface area (Å²) in [6, 6.07) is 1.69. The maximum Gasteiger partial charge on any atom is 0.250 e. The minimum Gasteiger partial charge on any atom is -0.316 e. The Morgan fingerprint density at radius 3 is 2.75 bits per heavy atom. The Morgan fingerprint density at radius 2 is 2.19 bits per heavy atom. The number of sulfonamides is 1. The van der Waals surface area contributed by atoms with Crippen LogP contribution in [0.25, 0.3) is 0 Å². The summed E-state index contributed by atoms with van der Waals surface area (Å²) in [5.74, 6) is 0. The van der Waals surface area contributed by atoms with Gasteiger partial charge in [0.25, 0.3) is 0 Å². The van der Waals surface area contributed by atoms with Crippen molar-refractivity contribution in [3.8, 4) is 0 Å². The van der Waals surface area contributed by atoms with Crippen molar-refractivity contribution < 1.29 is 8.42 Å². The van der Waals surface area contributed by atoms with Crippen LogP contribution < -0.4 is 10.0 Å². The van der Waals surface area contributed by atoms with Crippen LogP contribution >= 0.6 is 11.3 Å². The Balaban J connectivity index is 2.81. The molecule has 0 fully saturated rings. The number of nitrogens with one attached hydrogen (secondary N) is 2. The van der Waals surface area contributed by atoms with Crippen LogP contribution in [0.5, 0.6) is 0 Å². The minimum atomic E-state index is -3.33. The molecule has 0 aliphatic heterocycles. The van der Waals surface area contributed by atoms with Crippen molar-refractivity contribution in [3.05, 3.63) is 17.0 Å². The van der Waals surface area contributed by atoms with Gasteiger partial charge in [0.05, 0.1) is 0 Å². The molecule has 0 radical (unpaired) electrons. The number of rotatable bonds is 6. The van der Waals surface area contributed by atoms with Gasteiger partial charge in [-0.1, -0.05) is 6.92 Å². The van der Waals surface area contributed by atoms with Crippen LogP contribution in [0.1, 0.15) is 25.8 Å². The minimum absolute atomic E-state index is 0.0279. The van der Waals surface area contributed by atoms with E-state index in [1.165, 1.54) is 11.3 Å². The third-order valence-electron chi connectivity index (χ3n) is 2.24. The van der Waals surface area contributed by atoms with Gasteiger partial charge in [-0.2, -0.15) is 0 Å². The van der Waals surface area contributed by atoms with E-state index in [9.17, 15) is 8.42 Å². The van der Waals surface area contributed by atoms with Gasteiger partial charge >= 0.3 is 0 Å². The molecule has 16 heavy (non-hydrogen) atoms. The fourth-order valence-corrected chi connectivity index (χ4v) is 3.75. The topological polar surface area (TPSA) is 58.2 Å². The molecular weight excluding hydrogens is 244 g/mol. The van der Waals surface area contributed by atoms with Crippen molar-refractivity contribution in [3.63, 3.8) is 0 Å². The van der Waals surface area contributed by atoms with Crippen molar-refractivity contribution >= 4 is 21.4 Å². The molecule has 0 saturated carbocycles. The predicted molar refractivity (Wildman–Crippen MR) is 67.2 cm³/mol. The van der Waals surface area contributed by atoms with Crippen molar-refractivity contribution in [2.75, 3.05) is 7.05 Å². The van der Waals surface area contributed by atoms with E-state index in [2.05, 4.69) is 10.0 Å². The van der Waals surface area contributed by atoms with Crippen LogP contribution in [-0.2, 0) is 16.6 Å². The monoisotopic (exact) mass is 262 g/mol. The summed E-state index contributed by atoms with van der Waals surface area (Å²) < 4.78 is 26.8. The zero-order valence-corrected chi connectivity index (χ0v) is 11.4. The zero-order valence-electron chi connectivity index (χ0n) is 9.78. The molecule has 1 atom stereocenters. The summed E-state index contributed by atoms with van der Waals surface area (Å²) in [5.41, 5.74) is 0.997. The summed E-state index contributed by atoms with van der Waals surface area (Å²) >= 11 is 1.26.